The minimum absolute atomic E-state index is 0.0381. The summed E-state index contributed by atoms with van der Waals surface area (Å²) in [5.41, 5.74) is 9.41. The molecule has 0 aliphatic carbocycles. The van der Waals surface area contributed by atoms with Crippen LogP contribution in [0.4, 0.5) is 4.79 Å². The zero-order valence-corrected chi connectivity index (χ0v) is 41.1. The fourth-order valence-corrected chi connectivity index (χ4v) is 12.7. The average Bonchev–Trinajstić information content (AvgIpc) is 4.04. The summed E-state index contributed by atoms with van der Waals surface area (Å²) in [6, 6.07) is 19.2. The Morgan fingerprint density at radius 3 is 2.59 bits per heavy atom. The van der Waals surface area contributed by atoms with Crippen molar-refractivity contribution in [3.63, 3.8) is 0 Å². The van der Waals surface area contributed by atoms with Crippen LogP contribution in [0.1, 0.15) is 69.9 Å². The molecule has 8 rings (SSSR count). The van der Waals surface area contributed by atoms with Crippen LogP contribution in [-0.4, -0.2) is 119 Å². The van der Waals surface area contributed by atoms with Crippen LogP contribution in [0.3, 0.4) is 0 Å². The molecule has 0 spiro atoms. The maximum Gasteiger partial charge on any atom is 0.407 e. The van der Waals surface area contributed by atoms with Gasteiger partial charge in [-0.15, -0.1) is 33.8 Å². The first-order valence-corrected chi connectivity index (χ1v) is 26.7. The first kappa shape index (κ1) is 50.3. The predicted octanol–water partition coefficient (Wildman–Crippen LogP) is 5.42. The molecule has 3 unspecified atom stereocenters. The molecule has 17 nitrogen and oxygen atoms in total. The Balaban J connectivity index is 0.956. The number of amides is 4. The average molecular weight is 1030 g/mol. The Morgan fingerprint density at radius 2 is 1.83 bits per heavy atom. The first-order valence-electron chi connectivity index (χ1n) is 22.5. The molecule has 0 radical (unpaired) electrons. The van der Waals surface area contributed by atoms with Gasteiger partial charge >= 0.3 is 12.1 Å². The van der Waals surface area contributed by atoms with Crippen LogP contribution in [-0.2, 0) is 32.0 Å². The van der Waals surface area contributed by atoms with E-state index in [9.17, 15) is 34.2 Å². The predicted molar refractivity (Wildman–Crippen MR) is 274 cm³/mol. The molecule has 4 aliphatic heterocycles. The van der Waals surface area contributed by atoms with E-state index in [4.69, 9.17) is 25.6 Å². The molecule has 2 aromatic carbocycles. The Labute approximate surface area is 419 Å². The Hall–Kier alpha value is -6.10. The van der Waals surface area contributed by atoms with E-state index < -0.39 is 48.2 Å². The summed E-state index contributed by atoms with van der Waals surface area (Å²) in [5.74, 6) is -1.25. The standard InChI is InChI=1S/C49H52N8O9S4/c1-28-39(59)22-57(44(28)41-13-5-10-31(23-67-41)47-55-36(24-69-47)34-12-6-11-32(52-34)26-70-27-38(56-70)45(50)62)48(64)35(20-29-15-17-33(58)18-16-29)54-46(63)37-25-68-42(53-37)21-40(30-8-3-2-4-9-30)66-49(65)51-19-7-14-43(60)61/h2-6,8-13,15-18,23,25-26,28,35-36,38-40,44,56,58-59H,7,14,19-22,24,27H2,1H3,(H2,50,62)(H,51,65)(H,54,63)(H,60,61)/t28-,35-,36?,38?,39-,40-,44-,70?/m0/s1. The number of rotatable bonds is 18. The van der Waals surface area contributed by atoms with Crippen LogP contribution in [0, 0.1) is 5.92 Å². The lowest BCUT2D eigenvalue weighted by atomic mass is 9.99. The number of phenols is 1. The Kier molecular flexibility index (Phi) is 16.7. The number of thiazole rings is 1. The molecular formula is C49H52N8O9S4. The number of carbonyl (C=O) groups is 5. The van der Waals surface area contributed by atoms with Crippen LogP contribution < -0.4 is 21.1 Å². The number of aliphatic hydroxyl groups excluding tert-OH is 1. The van der Waals surface area contributed by atoms with Gasteiger partial charge in [0.05, 0.1) is 33.6 Å². The second kappa shape index (κ2) is 23.2. The van der Waals surface area contributed by atoms with Gasteiger partial charge in [-0.25, -0.2) is 9.78 Å². The third-order valence-corrected chi connectivity index (χ3v) is 16.7. The van der Waals surface area contributed by atoms with Gasteiger partial charge in [0.15, 0.2) is 0 Å². The van der Waals surface area contributed by atoms with Crippen LogP contribution in [0.15, 0.2) is 117 Å². The lowest BCUT2D eigenvalue weighted by Crippen LogP contribution is -2.52. The van der Waals surface area contributed by atoms with Crippen molar-refractivity contribution >= 4 is 85.7 Å². The number of primary amides is 1. The van der Waals surface area contributed by atoms with Crippen LogP contribution in [0.5, 0.6) is 5.75 Å². The molecule has 8 N–H and O–H groups in total. The molecule has 2 aromatic heterocycles. The van der Waals surface area contributed by atoms with E-state index >= 15 is 0 Å². The van der Waals surface area contributed by atoms with E-state index in [-0.39, 0.29) is 84.8 Å². The second-order valence-corrected chi connectivity index (χ2v) is 21.5. The number of nitrogens with one attached hydrogen (secondary N) is 3. The van der Waals surface area contributed by atoms with Crippen molar-refractivity contribution in [2.24, 2.45) is 16.6 Å². The van der Waals surface area contributed by atoms with Gasteiger partial charge in [-0.1, -0.05) is 85.4 Å². The number of phenolic OH excluding ortho intramolecular Hbond substituents is 1. The molecule has 21 heteroatoms. The number of pyridine rings is 1. The minimum atomic E-state index is -1.09. The number of hydrogen-bond acceptors (Lipinski definition) is 15. The number of alkyl carbamates (subject to hydrolysis) is 1. The zero-order chi connectivity index (χ0) is 49.3. The highest BCUT2D eigenvalue weighted by molar-refractivity contribution is 8.15. The van der Waals surface area contributed by atoms with Crippen LogP contribution in [0.2, 0.25) is 0 Å². The maximum atomic E-state index is 14.9. The second-order valence-electron chi connectivity index (χ2n) is 17.0. The van der Waals surface area contributed by atoms with E-state index in [1.165, 1.54) is 35.2 Å². The minimum Gasteiger partial charge on any atom is -0.508 e. The number of benzene rings is 2. The number of hydrogen-bond donors (Lipinski definition) is 7. The number of aromatic nitrogens is 2. The molecule has 366 valence electrons. The largest absolute Gasteiger partial charge is 0.508 e. The number of aromatic hydroxyl groups is 1. The highest BCUT2D eigenvalue weighted by Crippen LogP contribution is 2.40. The van der Waals surface area contributed by atoms with Crippen molar-refractivity contribution in [2.75, 3.05) is 24.6 Å². The molecule has 0 saturated carbocycles. The molecule has 70 heavy (non-hydrogen) atoms. The molecule has 4 aliphatic rings. The fraction of sp³-hybridized carbons (Fsp3) is 0.327. The molecule has 2 fully saturated rings. The van der Waals surface area contributed by atoms with Gasteiger partial charge in [0.25, 0.3) is 5.91 Å². The number of ether oxygens (including phenoxy) is 1. The summed E-state index contributed by atoms with van der Waals surface area (Å²) in [4.78, 5) is 81.0. The smallest absolute Gasteiger partial charge is 0.407 e. The van der Waals surface area contributed by atoms with E-state index in [2.05, 4.69) is 20.3 Å². The number of carbonyl (C=O) groups excluding carboxylic acids is 4. The molecule has 4 amide bonds. The van der Waals surface area contributed by atoms with Gasteiger partial charge in [-0.2, -0.15) is 0 Å². The first-order chi connectivity index (χ1) is 33.8. The Morgan fingerprint density at radius 1 is 1.04 bits per heavy atom. The van der Waals surface area contributed by atoms with Crippen molar-refractivity contribution in [2.45, 2.75) is 69.0 Å². The number of nitrogens with zero attached hydrogens (tertiary/aromatic N) is 4. The third-order valence-electron chi connectivity index (χ3n) is 11.9. The van der Waals surface area contributed by atoms with Crippen molar-refractivity contribution in [3.05, 3.63) is 146 Å². The zero-order valence-electron chi connectivity index (χ0n) is 37.9. The molecular weight excluding hydrogens is 973 g/mol. The Bertz CT molecular complexity index is 2760. The summed E-state index contributed by atoms with van der Waals surface area (Å²) in [7, 11) is -0.268. The van der Waals surface area contributed by atoms with E-state index in [0.29, 0.717) is 27.6 Å². The fourth-order valence-electron chi connectivity index (χ4n) is 8.14. The van der Waals surface area contributed by atoms with Gasteiger partial charge in [0, 0.05) is 71.0 Å². The number of thioether (sulfide) groups is 2. The van der Waals surface area contributed by atoms with Crippen molar-refractivity contribution in [3.8, 4) is 5.75 Å². The van der Waals surface area contributed by atoms with Gasteiger partial charge in [-0.05, 0) is 47.2 Å². The van der Waals surface area contributed by atoms with Crippen LogP contribution >= 0.6 is 45.5 Å². The van der Waals surface area contributed by atoms with E-state index in [1.54, 1.807) is 46.3 Å². The number of likely N-dealkylation sites (tertiary alicyclic amines) is 1. The molecule has 0 bridgehead atoms. The highest BCUT2D eigenvalue weighted by atomic mass is 32.2. The summed E-state index contributed by atoms with van der Waals surface area (Å²) >= 11 is 4.30. The van der Waals surface area contributed by atoms with Gasteiger partial charge < -0.3 is 41.3 Å². The number of carboxylic acids is 1. The number of aliphatic carboxylic acids is 1. The summed E-state index contributed by atoms with van der Waals surface area (Å²) in [6.45, 7) is 2.06. The molecule has 8 atom stereocenters. The van der Waals surface area contributed by atoms with Crippen molar-refractivity contribution in [1.29, 1.82) is 0 Å². The number of aliphatic imine (C=N–C) groups is 1. The third kappa shape index (κ3) is 12.8. The van der Waals surface area contributed by atoms with Crippen molar-refractivity contribution in [1.82, 2.24) is 30.2 Å². The topological polar surface area (TPSA) is 259 Å². The highest BCUT2D eigenvalue weighted by Gasteiger charge is 2.45. The molecule has 6 heterocycles. The lowest BCUT2D eigenvalue weighted by Gasteiger charge is -2.31. The van der Waals surface area contributed by atoms with Crippen molar-refractivity contribution < 1.29 is 44.0 Å². The summed E-state index contributed by atoms with van der Waals surface area (Å²) < 4.78 is 8.93. The number of β-amino-alcohol motifs (C(OH)–C–C–N with tert-alkyl or cyclic N) is 1. The van der Waals surface area contributed by atoms with Gasteiger partial charge in [-0.3, -0.25) is 33.9 Å². The number of nitrogens with two attached hydrogens (primary N) is 1. The molecule has 2 saturated heterocycles. The van der Waals surface area contributed by atoms with Gasteiger partial charge in [0.1, 0.15) is 35.7 Å². The number of carboxylic acid groups (broad SMARTS) is 1. The van der Waals surface area contributed by atoms with E-state index in [0.717, 1.165) is 26.9 Å². The number of aliphatic hydroxyl groups is 1. The van der Waals surface area contributed by atoms with Crippen LogP contribution in [0.25, 0.3) is 0 Å². The summed E-state index contributed by atoms with van der Waals surface area (Å²) in [6.07, 6.45) is 3.88. The maximum absolute atomic E-state index is 14.9. The lowest BCUT2D eigenvalue weighted by molar-refractivity contribution is -0.137. The quantitative estimate of drug-likeness (QED) is 0.0486. The summed E-state index contributed by atoms with van der Waals surface area (Å²) in [5, 5.41) is 42.8. The van der Waals surface area contributed by atoms with E-state index in [1.807, 2.05) is 72.3 Å². The monoisotopic (exact) mass is 1020 g/mol. The SMILES string of the molecule is C[C@@H]1[C@@H](C2=CC=CC(C3=NC(c4cccc(/C=S5/CC(C(N)=O)N5)n4)CS3)=CS2)N(C(=O)[C@H](Cc2ccc(O)cc2)NC(=O)c2csc(C[C@H](OC(=O)NCCCC(=O)O)c3ccccc3)n2)C[C@@H]1O. The molecule has 4 aromatic rings. The normalized spacial score (nSPS) is 22.7. The number of allylic oxidation sites excluding steroid dienone is 3. The van der Waals surface area contributed by atoms with Gasteiger partial charge in [0.2, 0.25) is 11.8 Å².